The maximum absolute atomic E-state index is 14.0. The second-order valence-corrected chi connectivity index (χ2v) is 26.5. The molecular formula is C57H53F2N15O13S6. The van der Waals surface area contributed by atoms with Crippen LogP contribution < -0.4 is 31.1 Å². The maximum atomic E-state index is 14.0. The summed E-state index contributed by atoms with van der Waals surface area (Å²) in [5.74, 6) is -6.93. The van der Waals surface area contributed by atoms with E-state index < -0.39 is 123 Å². The standard InChI is InChI=1S/C57H53F2N15O13S6/c1-7-73(8-2)37-17-19-43(69-71-53-41(29-60)49(92(82,83)84)47(89-53)27-39(31(5)75)51(77)62-35-15-11-13-33(58)23-35)45(25-37)64-55-66-56(68-57(67-55)88-21-22-91(79,80)81)65-46-26-38(74(9-3)10-4)18-20-44(46)70-72-54-42(30-61)50(93(85,86)87)48(90-54)28-40(32(6)76)52(78)63-36-16-12-14-34(59)24-36/h11-20,23-28H,7-10,21-22H2,1-6H3,(H,62,77)(H,63,78)(H,79,80,81)(H,82,83,84)(H,85,86,87)(H2,64,65,66,67,68)/b39-27-,40-28+,71-69?,72-70?. The van der Waals surface area contributed by atoms with E-state index in [2.05, 4.69) is 56.7 Å². The van der Waals surface area contributed by atoms with E-state index in [-0.39, 0.29) is 56.9 Å². The first-order valence-corrected chi connectivity index (χ1v) is 34.3. The Hall–Kier alpha value is -9.63. The van der Waals surface area contributed by atoms with Gasteiger partial charge in [-0.25, -0.2) is 8.78 Å². The molecule has 3 aromatic heterocycles. The van der Waals surface area contributed by atoms with Crippen LogP contribution in [0.3, 0.4) is 0 Å². The molecule has 7 rings (SSSR count). The van der Waals surface area contributed by atoms with Gasteiger partial charge in [-0.15, -0.1) is 43.1 Å². The molecule has 0 saturated heterocycles. The molecule has 484 valence electrons. The van der Waals surface area contributed by atoms with Crippen molar-refractivity contribution < 1.29 is 66.9 Å². The van der Waals surface area contributed by atoms with Crippen molar-refractivity contribution in [3.05, 3.63) is 129 Å². The summed E-state index contributed by atoms with van der Waals surface area (Å²) in [6, 6.07) is 22.3. The third-order valence-corrected chi connectivity index (χ3v) is 18.8. The first kappa shape index (κ1) is 70.8. The van der Waals surface area contributed by atoms with Crippen LogP contribution in [0.2, 0.25) is 0 Å². The Bertz CT molecular complexity index is 4400. The average Bonchev–Trinajstić information content (AvgIpc) is 1.66. The molecule has 0 saturated carbocycles. The minimum Gasteiger partial charge on any atom is -0.372 e. The second kappa shape index (κ2) is 30.7. The summed E-state index contributed by atoms with van der Waals surface area (Å²) < 4.78 is 134. The summed E-state index contributed by atoms with van der Waals surface area (Å²) in [7, 11) is -15.1. The summed E-state index contributed by atoms with van der Waals surface area (Å²) in [6.45, 7) is 11.5. The zero-order valence-electron chi connectivity index (χ0n) is 49.5. The number of aromatic nitrogens is 3. The fourth-order valence-electron chi connectivity index (χ4n) is 8.53. The van der Waals surface area contributed by atoms with Crippen LogP contribution in [0, 0.1) is 34.3 Å². The topological polar surface area (TPSA) is 422 Å². The Morgan fingerprint density at radius 1 is 0.602 bits per heavy atom. The number of rotatable bonds is 28. The number of hydrogen-bond donors (Lipinski definition) is 7. The molecule has 0 unspecified atom stereocenters. The number of benzene rings is 4. The lowest BCUT2D eigenvalue weighted by Gasteiger charge is -2.22. The normalized spacial score (nSPS) is 12.1. The van der Waals surface area contributed by atoms with Crippen LogP contribution in [0.15, 0.2) is 131 Å². The van der Waals surface area contributed by atoms with Gasteiger partial charge < -0.3 is 31.1 Å². The van der Waals surface area contributed by atoms with Crippen molar-refractivity contribution in [2.75, 3.05) is 68.8 Å². The Kier molecular flexibility index (Phi) is 23.3. The van der Waals surface area contributed by atoms with Gasteiger partial charge in [-0.1, -0.05) is 23.9 Å². The van der Waals surface area contributed by atoms with Crippen LogP contribution in [-0.2, 0) is 49.5 Å². The number of hydrogen-bond acceptors (Lipinski definition) is 26. The molecule has 2 amide bonds. The average molecular weight is 1390 g/mol. The van der Waals surface area contributed by atoms with Crippen molar-refractivity contribution >= 4 is 168 Å². The molecule has 7 aromatic rings. The molecule has 93 heavy (non-hydrogen) atoms. The minimum absolute atomic E-state index is 0.0246. The number of nitriles is 2. The smallest absolute Gasteiger partial charge is 0.297 e. The van der Waals surface area contributed by atoms with Gasteiger partial charge in [-0.2, -0.15) is 50.7 Å². The van der Waals surface area contributed by atoms with E-state index in [1.165, 1.54) is 36.4 Å². The van der Waals surface area contributed by atoms with Crippen molar-refractivity contribution in [2.45, 2.75) is 56.5 Å². The third-order valence-electron chi connectivity index (χ3n) is 12.8. The molecule has 0 spiro atoms. The van der Waals surface area contributed by atoms with Crippen molar-refractivity contribution in [1.82, 2.24) is 15.0 Å². The number of nitrogens with zero attached hydrogens (tertiary/aromatic N) is 11. The molecule has 36 heteroatoms. The zero-order valence-corrected chi connectivity index (χ0v) is 54.4. The maximum Gasteiger partial charge on any atom is 0.297 e. The first-order valence-electron chi connectivity index (χ1n) is 27.1. The van der Waals surface area contributed by atoms with Gasteiger partial charge in [0.1, 0.15) is 56.1 Å². The van der Waals surface area contributed by atoms with Crippen LogP contribution in [0.4, 0.5) is 76.2 Å². The number of anilines is 8. The number of thiophene rings is 2. The van der Waals surface area contributed by atoms with E-state index in [0.717, 1.165) is 62.0 Å². The van der Waals surface area contributed by atoms with Crippen LogP contribution in [-0.4, -0.2) is 115 Å². The van der Waals surface area contributed by atoms with Gasteiger partial charge in [0.05, 0.1) is 38.0 Å². The fraction of sp³-hybridized carbons (Fsp3) is 0.211. The van der Waals surface area contributed by atoms with Crippen molar-refractivity contribution in [3.8, 4) is 12.1 Å². The van der Waals surface area contributed by atoms with Crippen LogP contribution in [0.1, 0.15) is 62.4 Å². The molecule has 0 fully saturated rings. The number of carbonyl (C=O) groups is 4. The van der Waals surface area contributed by atoms with E-state index in [1.807, 2.05) is 37.5 Å². The molecule has 0 atom stereocenters. The lowest BCUT2D eigenvalue weighted by atomic mass is 10.1. The van der Waals surface area contributed by atoms with Gasteiger partial charge in [0.2, 0.25) is 11.9 Å². The quantitative estimate of drug-likeness (QED) is 0.00598. The number of ketones is 2. The van der Waals surface area contributed by atoms with E-state index in [9.17, 15) is 77.4 Å². The monoisotopic (exact) mass is 1390 g/mol. The molecule has 4 aromatic carbocycles. The first-order chi connectivity index (χ1) is 44.0. The number of amides is 2. The molecule has 0 aliphatic rings. The number of nitrogens with one attached hydrogen (secondary N) is 4. The van der Waals surface area contributed by atoms with Gasteiger partial charge >= 0.3 is 0 Å². The van der Waals surface area contributed by atoms with Gasteiger partial charge in [0.15, 0.2) is 26.7 Å². The largest absolute Gasteiger partial charge is 0.372 e. The van der Waals surface area contributed by atoms with Gasteiger partial charge in [0.25, 0.3) is 42.2 Å². The van der Waals surface area contributed by atoms with Crippen LogP contribution in [0.5, 0.6) is 0 Å². The lowest BCUT2D eigenvalue weighted by molar-refractivity contribution is -0.120. The summed E-state index contributed by atoms with van der Waals surface area (Å²) in [4.78, 5) is 67.0. The predicted molar refractivity (Wildman–Crippen MR) is 347 cm³/mol. The van der Waals surface area contributed by atoms with Gasteiger partial charge in [0, 0.05) is 54.7 Å². The molecule has 0 radical (unpaired) electrons. The van der Waals surface area contributed by atoms with Crippen molar-refractivity contribution in [3.63, 3.8) is 0 Å². The molecule has 3 heterocycles. The summed E-state index contributed by atoms with van der Waals surface area (Å²) in [6.07, 6.45) is 1.64. The summed E-state index contributed by atoms with van der Waals surface area (Å²) >= 11 is 1.70. The summed E-state index contributed by atoms with van der Waals surface area (Å²) in [5, 5.41) is 47.6. The van der Waals surface area contributed by atoms with Crippen molar-refractivity contribution in [1.29, 1.82) is 10.5 Å². The molecular weight excluding hydrogens is 1330 g/mol. The van der Waals surface area contributed by atoms with Gasteiger partial charge in [-0.3, -0.25) is 32.8 Å². The second-order valence-electron chi connectivity index (χ2n) is 19.1. The number of azo groups is 2. The van der Waals surface area contributed by atoms with Crippen LogP contribution in [0.25, 0.3) is 12.2 Å². The number of carbonyl (C=O) groups excluding carboxylic acids is 4. The highest BCUT2D eigenvalue weighted by molar-refractivity contribution is 8.00. The SMILES string of the molecule is CCN(CC)c1ccc(N=Nc2sc(/C=C(/C(C)=O)C(=O)Nc3cccc(F)c3)c(S(=O)(=O)O)c2C#N)c(Nc2nc(Nc3cc(N(CC)CC)ccc3N=Nc3sc(/C=C(\C(C)=O)C(=O)Nc4cccc(F)c4)c(S(=O)(=O)O)c3C#N)nc(SCCS(=O)(=O)O)n2)c1. The van der Waals surface area contributed by atoms with E-state index >= 15 is 0 Å². The number of Topliss-reactive ketones (excluding diaryl/α,β-unsaturated/α-hetero) is 2. The van der Waals surface area contributed by atoms with E-state index in [1.54, 1.807) is 36.4 Å². The predicted octanol–water partition coefficient (Wildman–Crippen LogP) is 11.7. The molecule has 0 aliphatic carbocycles. The number of thioether (sulfide) groups is 1. The summed E-state index contributed by atoms with van der Waals surface area (Å²) in [5.41, 5.74) is -1.52. The van der Waals surface area contributed by atoms with Gasteiger partial charge in [-0.05, 0) is 126 Å². The minimum atomic E-state index is -5.30. The highest BCUT2D eigenvalue weighted by Gasteiger charge is 2.31. The van der Waals surface area contributed by atoms with Crippen molar-refractivity contribution in [2.24, 2.45) is 20.5 Å². The highest BCUT2D eigenvalue weighted by atomic mass is 32.2. The zero-order chi connectivity index (χ0) is 68.1. The Labute approximate surface area is 543 Å². The Balaban J connectivity index is 1.34. The van der Waals surface area contributed by atoms with E-state index in [4.69, 9.17) is 0 Å². The number of halogens is 2. The molecule has 0 aliphatic heterocycles. The Morgan fingerprint density at radius 2 is 1.00 bits per heavy atom. The lowest BCUT2D eigenvalue weighted by Crippen LogP contribution is -2.21. The molecule has 28 nitrogen and oxygen atoms in total. The molecule has 0 bridgehead atoms. The third kappa shape index (κ3) is 18.5. The van der Waals surface area contributed by atoms with Crippen LogP contribution >= 0.6 is 34.4 Å². The molecule has 7 N–H and O–H groups in total. The fourth-order valence-corrected chi connectivity index (χ4v) is 14.5. The van der Waals surface area contributed by atoms with E-state index in [0.29, 0.717) is 60.2 Å². The highest BCUT2D eigenvalue weighted by Crippen LogP contribution is 2.44. The Morgan fingerprint density at radius 3 is 1.33 bits per heavy atom.